The summed E-state index contributed by atoms with van der Waals surface area (Å²) in [7, 11) is 0. The van der Waals surface area contributed by atoms with E-state index in [1.807, 2.05) is 18.7 Å². The number of nitrogens with zero attached hydrogens (tertiary/aromatic N) is 2. The van der Waals surface area contributed by atoms with Crippen LogP contribution < -0.4 is 5.73 Å². The second kappa shape index (κ2) is 5.07. The maximum Gasteiger partial charge on any atom is 0.346 e. The fraction of sp³-hybridized carbons (Fsp3) is 0.846. The van der Waals surface area contributed by atoms with Gasteiger partial charge in [0.2, 0.25) is 0 Å². The van der Waals surface area contributed by atoms with Crippen LogP contribution in [0.4, 0.5) is 4.79 Å². The average molecular weight is 237 g/mol. The molecule has 2 amide bonds. The van der Waals surface area contributed by atoms with Gasteiger partial charge in [-0.1, -0.05) is 32.1 Å². The predicted octanol–water partition coefficient (Wildman–Crippen LogP) is 2.53. The predicted molar refractivity (Wildman–Crippen MR) is 69.0 cm³/mol. The van der Waals surface area contributed by atoms with Gasteiger partial charge < -0.3 is 10.6 Å². The van der Waals surface area contributed by atoms with Gasteiger partial charge in [0.05, 0.1) is 6.04 Å². The van der Waals surface area contributed by atoms with Crippen LogP contribution >= 0.6 is 0 Å². The molecule has 4 nitrogen and oxygen atoms in total. The van der Waals surface area contributed by atoms with Crippen LogP contribution in [0.1, 0.15) is 52.4 Å². The lowest BCUT2D eigenvalue weighted by Crippen LogP contribution is -2.45. The number of hydrogen-bond donors (Lipinski definition) is 1. The molecule has 2 N–H and O–H groups in total. The van der Waals surface area contributed by atoms with Crippen LogP contribution in [0.3, 0.4) is 0 Å². The fourth-order valence-electron chi connectivity index (χ4n) is 3.07. The van der Waals surface area contributed by atoms with Crippen LogP contribution in [0.25, 0.3) is 0 Å². The molecule has 1 unspecified atom stereocenters. The second-order valence-electron chi connectivity index (χ2n) is 5.58. The Hall–Kier alpha value is -1.06. The fourth-order valence-corrected chi connectivity index (χ4v) is 3.07. The Morgan fingerprint density at radius 2 is 2.00 bits per heavy atom. The highest BCUT2D eigenvalue weighted by molar-refractivity contribution is 6.02. The van der Waals surface area contributed by atoms with Crippen molar-refractivity contribution in [2.45, 2.75) is 64.5 Å². The number of nitrogens with two attached hydrogens (primary N) is 1. The van der Waals surface area contributed by atoms with E-state index in [1.54, 1.807) is 0 Å². The Bertz CT molecular complexity index is 319. The molecular weight excluding hydrogens is 214 g/mol. The minimum absolute atomic E-state index is 0.0469. The van der Waals surface area contributed by atoms with E-state index in [1.165, 1.54) is 32.1 Å². The topological polar surface area (TPSA) is 58.7 Å². The molecule has 0 aromatic heterocycles. The Balaban J connectivity index is 2.02. The number of aliphatic imine (C=N–C) groups is 1. The Morgan fingerprint density at radius 3 is 2.59 bits per heavy atom. The maximum absolute atomic E-state index is 11.7. The van der Waals surface area contributed by atoms with Crippen molar-refractivity contribution in [2.75, 3.05) is 0 Å². The van der Waals surface area contributed by atoms with E-state index >= 15 is 0 Å². The molecule has 1 fully saturated rings. The van der Waals surface area contributed by atoms with Gasteiger partial charge in [0.25, 0.3) is 0 Å². The molecular formula is C13H23N3O. The SMILES string of the molecule is CC(C)N1C(=O)N=C(N)C1CC1CCCCC1. The molecule has 2 aliphatic rings. The Kier molecular flexibility index (Phi) is 3.69. The Morgan fingerprint density at radius 1 is 1.35 bits per heavy atom. The summed E-state index contributed by atoms with van der Waals surface area (Å²) >= 11 is 0. The zero-order chi connectivity index (χ0) is 12.4. The lowest BCUT2D eigenvalue weighted by molar-refractivity contribution is 0.175. The van der Waals surface area contributed by atoms with E-state index in [4.69, 9.17) is 5.73 Å². The molecule has 1 saturated carbocycles. The third kappa shape index (κ3) is 2.61. The van der Waals surface area contributed by atoms with Gasteiger partial charge in [-0.3, -0.25) is 0 Å². The van der Waals surface area contributed by atoms with E-state index in [0.717, 1.165) is 12.3 Å². The lowest BCUT2D eigenvalue weighted by Gasteiger charge is -2.32. The molecule has 1 aliphatic carbocycles. The molecule has 0 radical (unpaired) electrons. The largest absolute Gasteiger partial charge is 0.385 e. The quantitative estimate of drug-likeness (QED) is 0.820. The first-order valence-corrected chi connectivity index (χ1v) is 6.76. The van der Waals surface area contributed by atoms with E-state index in [-0.39, 0.29) is 18.1 Å². The second-order valence-corrected chi connectivity index (χ2v) is 5.58. The molecule has 1 atom stereocenters. The summed E-state index contributed by atoms with van der Waals surface area (Å²) in [6.07, 6.45) is 7.57. The van der Waals surface area contributed by atoms with Gasteiger partial charge in [-0.15, -0.1) is 0 Å². The summed E-state index contributed by atoms with van der Waals surface area (Å²) in [5.41, 5.74) is 5.90. The first kappa shape index (κ1) is 12.4. The minimum atomic E-state index is -0.154. The van der Waals surface area contributed by atoms with E-state index < -0.39 is 0 Å². The van der Waals surface area contributed by atoms with Crippen molar-refractivity contribution < 1.29 is 4.79 Å². The summed E-state index contributed by atoms with van der Waals surface area (Å²) in [5, 5.41) is 0. The lowest BCUT2D eigenvalue weighted by atomic mass is 9.84. The summed E-state index contributed by atoms with van der Waals surface area (Å²) in [6.45, 7) is 4.06. The van der Waals surface area contributed by atoms with Crippen LogP contribution in [0.15, 0.2) is 4.99 Å². The van der Waals surface area contributed by atoms with Crippen LogP contribution in [0.2, 0.25) is 0 Å². The summed E-state index contributed by atoms with van der Waals surface area (Å²) < 4.78 is 0. The summed E-state index contributed by atoms with van der Waals surface area (Å²) in [6, 6.07) is 0.0739. The van der Waals surface area contributed by atoms with Crippen molar-refractivity contribution in [3.8, 4) is 0 Å². The van der Waals surface area contributed by atoms with Crippen LogP contribution in [-0.4, -0.2) is 28.9 Å². The van der Waals surface area contributed by atoms with E-state index in [0.29, 0.717) is 5.84 Å². The van der Waals surface area contributed by atoms with Gasteiger partial charge in [0.1, 0.15) is 5.84 Å². The van der Waals surface area contributed by atoms with Gasteiger partial charge in [-0.25, -0.2) is 4.79 Å². The van der Waals surface area contributed by atoms with Crippen LogP contribution in [-0.2, 0) is 0 Å². The highest BCUT2D eigenvalue weighted by Gasteiger charge is 2.36. The number of carbonyl (C=O) groups excluding carboxylic acids is 1. The molecule has 0 aromatic rings. The van der Waals surface area contributed by atoms with Crippen molar-refractivity contribution in [1.82, 2.24) is 4.90 Å². The van der Waals surface area contributed by atoms with E-state index in [9.17, 15) is 4.79 Å². The zero-order valence-electron chi connectivity index (χ0n) is 10.9. The van der Waals surface area contributed by atoms with Crippen molar-refractivity contribution in [1.29, 1.82) is 0 Å². The maximum atomic E-state index is 11.7. The van der Waals surface area contributed by atoms with Crippen molar-refractivity contribution in [3.63, 3.8) is 0 Å². The molecule has 4 heteroatoms. The van der Waals surface area contributed by atoms with Crippen LogP contribution in [0, 0.1) is 5.92 Å². The molecule has 0 aromatic carbocycles. The number of urea groups is 1. The van der Waals surface area contributed by atoms with Gasteiger partial charge in [0, 0.05) is 6.04 Å². The number of amidine groups is 1. The number of amides is 2. The van der Waals surface area contributed by atoms with E-state index in [2.05, 4.69) is 4.99 Å². The third-order valence-corrected chi connectivity index (χ3v) is 3.96. The highest BCUT2D eigenvalue weighted by atomic mass is 16.2. The molecule has 0 spiro atoms. The molecule has 1 heterocycles. The number of hydrogen-bond acceptors (Lipinski definition) is 2. The van der Waals surface area contributed by atoms with Crippen molar-refractivity contribution in [2.24, 2.45) is 16.6 Å². The minimum Gasteiger partial charge on any atom is -0.385 e. The normalized spacial score (nSPS) is 26.8. The number of rotatable bonds is 3. The van der Waals surface area contributed by atoms with Gasteiger partial charge in [-0.2, -0.15) is 4.99 Å². The third-order valence-electron chi connectivity index (χ3n) is 3.96. The van der Waals surface area contributed by atoms with Gasteiger partial charge in [-0.05, 0) is 26.2 Å². The Labute approximate surface area is 103 Å². The average Bonchev–Trinajstić information content (AvgIpc) is 2.55. The molecule has 2 rings (SSSR count). The van der Waals surface area contributed by atoms with Crippen LogP contribution in [0.5, 0.6) is 0 Å². The number of carbonyl (C=O) groups is 1. The standard InChI is InChI=1S/C13H23N3O/c1-9(2)16-11(12(14)15-13(16)17)8-10-6-4-3-5-7-10/h9-11H,3-8H2,1-2H3,(H2,14,15,17). The highest BCUT2D eigenvalue weighted by Crippen LogP contribution is 2.30. The smallest absolute Gasteiger partial charge is 0.346 e. The first-order chi connectivity index (χ1) is 8.09. The monoisotopic (exact) mass is 237 g/mol. The molecule has 17 heavy (non-hydrogen) atoms. The molecule has 0 saturated heterocycles. The molecule has 0 bridgehead atoms. The zero-order valence-corrected chi connectivity index (χ0v) is 10.9. The van der Waals surface area contributed by atoms with Gasteiger partial charge >= 0.3 is 6.03 Å². The summed E-state index contributed by atoms with van der Waals surface area (Å²) in [5.74, 6) is 1.24. The van der Waals surface area contributed by atoms with Crippen molar-refractivity contribution >= 4 is 11.9 Å². The first-order valence-electron chi connectivity index (χ1n) is 6.76. The summed E-state index contributed by atoms with van der Waals surface area (Å²) in [4.78, 5) is 17.5. The van der Waals surface area contributed by atoms with Gasteiger partial charge in [0.15, 0.2) is 0 Å². The molecule has 96 valence electrons. The van der Waals surface area contributed by atoms with Crippen molar-refractivity contribution in [3.05, 3.63) is 0 Å². The molecule has 1 aliphatic heterocycles.